The van der Waals surface area contributed by atoms with Gasteiger partial charge in [0.25, 0.3) is 0 Å². The second kappa shape index (κ2) is 6.58. The van der Waals surface area contributed by atoms with Gasteiger partial charge < -0.3 is 20.1 Å². The summed E-state index contributed by atoms with van der Waals surface area (Å²) in [4.78, 5) is 18.5. The minimum Gasteiger partial charge on any atom is -0.491 e. The molecule has 3 heterocycles. The van der Waals surface area contributed by atoms with Crippen molar-refractivity contribution in [1.29, 1.82) is 0 Å². The van der Waals surface area contributed by atoms with E-state index in [0.29, 0.717) is 25.5 Å². The standard InChI is InChI=1S/C19H27N3O3/c1-12-15(16-14(8-11-24-16)21-17(12)20)13-6-5-9-22(10-7-13)18(23)25-19(2,3)4/h7H,5-6,8-11H2,1-4H3,(H2,20,21). The summed E-state index contributed by atoms with van der Waals surface area (Å²) in [6.07, 6.45) is 4.38. The second-order valence-electron chi connectivity index (χ2n) is 7.63. The van der Waals surface area contributed by atoms with Crippen LogP contribution in [-0.2, 0) is 11.2 Å². The van der Waals surface area contributed by atoms with E-state index < -0.39 is 5.60 Å². The van der Waals surface area contributed by atoms with E-state index in [4.69, 9.17) is 15.2 Å². The average molecular weight is 345 g/mol. The zero-order chi connectivity index (χ0) is 18.2. The lowest BCUT2D eigenvalue weighted by Gasteiger charge is -2.25. The van der Waals surface area contributed by atoms with Crippen molar-refractivity contribution in [1.82, 2.24) is 9.88 Å². The molecule has 0 aromatic carbocycles. The van der Waals surface area contributed by atoms with Crippen molar-refractivity contribution in [3.8, 4) is 5.75 Å². The van der Waals surface area contributed by atoms with Crippen LogP contribution in [0, 0.1) is 6.92 Å². The van der Waals surface area contributed by atoms with Crippen LogP contribution >= 0.6 is 0 Å². The fourth-order valence-corrected chi connectivity index (χ4v) is 3.28. The number of hydrogen-bond acceptors (Lipinski definition) is 5. The smallest absolute Gasteiger partial charge is 0.410 e. The zero-order valence-electron chi connectivity index (χ0n) is 15.5. The maximum atomic E-state index is 12.3. The molecule has 0 aliphatic carbocycles. The van der Waals surface area contributed by atoms with E-state index in [1.54, 1.807) is 4.90 Å². The highest BCUT2D eigenvalue weighted by molar-refractivity contribution is 5.78. The summed E-state index contributed by atoms with van der Waals surface area (Å²) >= 11 is 0. The maximum absolute atomic E-state index is 12.3. The number of rotatable bonds is 1. The molecule has 2 N–H and O–H groups in total. The van der Waals surface area contributed by atoms with Crippen LogP contribution < -0.4 is 10.5 Å². The Bertz CT molecular complexity index is 720. The predicted molar refractivity (Wildman–Crippen MR) is 97.6 cm³/mol. The van der Waals surface area contributed by atoms with Crippen LogP contribution in [0.1, 0.15) is 50.4 Å². The molecule has 0 saturated carbocycles. The zero-order valence-corrected chi connectivity index (χ0v) is 15.5. The number of nitrogens with two attached hydrogens (primary N) is 1. The number of hydrogen-bond donors (Lipinski definition) is 1. The van der Waals surface area contributed by atoms with E-state index in [1.165, 1.54) is 5.57 Å². The second-order valence-corrected chi connectivity index (χ2v) is 7.63. The molecule has 2 aliphatic heterocycles. The van der Waals surface area contributed by atoms with E-state index in [1.807, 2.05) is 27.7 Å². The third-order valence-electron chi connectivity index (χ3n) is 4.49. The van der Waals surface area contributed by atoms with Crippen molar-refractivity contribution >= 4 is 17.5 Å². The minimum absolute atomic E-state index is 0.266. The Morgan fingerprint density at radius 1 is 1.36 bits per heavy atom. The first kappa shape index (κ1) is 17.6. The summed E-state index contributed by atoms with van der Waals surface area (Å²) in [5.74, 6) is 1.43. The molecule has 3 rings (SSSR count). The Kier molecular flexibility index (Phi) is 4.62. The summed E-state index contributed by atoms with van der Waals surface area (Å²) in [5, 5.41) is 0. The van der Waals surface area contributed by atoms with Gasteiger partial charge in [0, 0.05) is 30.6 Å². The number of pyridine rings is 1. The Labute approximate surface area is 149 Å². The third kappa shape index (κ3) is 3.72. The van der Waals surface area contributed by atoms with Crippen molar-refractivity contribution in [3.05, 3.63) is 22.9 Å². The number of fused-ring (bicyclic) bond motifs is 1. The minimum atomic E-state index is -0.485. The van der Waals surface area contributed by atoms with E-state index in [0.717, 1.165) is 41.8 Å². The van der Waals surface area contributed by atoms with Gasteiger partial charge in [-0.15, -0.1) is 0 Å². The Hall–Kier alpha value is -2.24. The maximum Gasteiger partial charge on any atom is 0.410 e. The van der Waals surface area contributed by atoms with E-state index in [9.17, 15) is 4.79 Å². The molecule has 1 aromatic heterocycles. The number of nitrogens with zero attached hydrogens (tertiary/aromatic N) is 2. The lowest BCUT2D eigenvalue weighted by molar-refractivity contribution is 0.0273. The van der Waals surface area contributed by atoms with E-state index in [2.05, 4.69) is 11.1 Å². The quantitative estimate of drug-likeness (QED) is 0.845. The van der Waals surface area contributed by atoms with Crippen LogP contribution in [0.4, 0.5) is 10.6 Å². The van der Waals surface area contributed by atoms with E-state index >= 15 is 0 Å². The van der Waals surface area contributed by atoms with Crippen LogP contribution in [0.15, 0.2) is 6.08 Å². The van der Waals surface area contributed by atoms with Gasteiger partial charge in [-0.25, -0.2) is 9.78 Å². The van der Waals surface area contributed by atoms with Gasteiger partial charge in [0.05, 0.1) is 12.3 Å². The number of amides is 1. The van der Waals surface area contributed by atoms with Crippen molar-refractivity contribution in [2.24, 2.45) is 0 Å². The molecule has 0 bridgehead atoms. The molecule has 0 saturated heterocycles. The molecular formula is C19H27N3O3. The van der Waals surface area contributed by atoms with Crippen LogP contribution in [0.5, 0.6) is 5.75 Å². The molecule has 0 radical (unpaired) electrons. The fourth-order valence-electron chi connectivity index (χ4n) is 3.28. The van der Waals surface area contributed by atoms with Crippen molar-refractivity contribution in [2.75, 3.05) is 25.4 Å². The first-order valence-electron chi connectivity index (χ1n) is 8.85. The van der Waals surface area contributed by atoms with Crippen LogP contribution in [0.25, 0.3) is 5.57 Å². The molecule has 6 nitrogen and oxygen atoms in total. The van der Waals surface area contributed by atoms with Crippen LogP contribution in [0.3, 0.4) is 0 Å². The van der Waals surface area contributed by atoms with Crippen molar-refractivity contribution < 1.29 is 14.3 Å². The molecule has 1 amide bonds. The lowest BCUT2D eigenvalue weighted by Crippen LogP contribution is -2.37. The molecule has 136 valence electrons. The monoisotopic (exact) mass is 345 g/mol. The molecule has 0 fully saturated rings. The summed E-state index contributed by atoms with van der Waals surface area (Å²) < 4.78 is 11.3. The van der Waals surface area contributed by atoms with Crippen molar-refractivity contribution in [2.45, 2.75) is 52.6 Å². The van der Waals surface area contributed by atoms with Crippen LogP contribution in [-0.4, -0.2) is 41.3 Å². The van der Waals surface area contributed by atoms with Gasteiger partial charge >= 0.3 is 6.09 Å². The van der Waals surface area contributed by atoms with Crippen LogP contribution in [0.2, 0.25) is 0 Å². The number of ether oxygens (including phenoxy) is 2. The number of carbonyl (C=O) groups excluding carboxylic acids is 1. The molecule has 0 atom stereocenters. The average Bonchev–Trinajstić information content (AvgIpc) is 2.82. The van der Waals surface area contributed by atoms with E-state index in [-0.39, 0.29) is 6.09 Å². The number of aromatic nitrogens is 1. The lowest BCUT2D eigenvalue weighted by atomic mass is 9.95. The summed E-state index contributed by atoms with van der Waals surface area (Å²) in [7, 11) is 0. The highest BCUT2D eigenvalue weighted by Crippen LogP contribution is 2.39. The fraction of sp³-hybridized carbons (Fsp3) is 0.579. The summed E-state index contributed by atoms with van der Waals surface area (Å²) in [5.41, 5.74) is 9.75. The first-order chi connectivity index (χ1) is 11.8. The molecule has 1 aromatic rings. The Balaban J connectivity index is 1.87. The largest absolute Gasteiger partial charge is 0.491 e. The van der Waals surface area contributed by atoms with Gasteiger partial charge in [0.2, 0.25) is 0 Å². The Morgan fingerprint density at radius 3 is 2.84 bits per heavy atom. The summed E-state index contributed by atoms with van der Waals surface area (Å²) in [6, 6.07) is 0. The highest BCUT2D eigenvalue weighted by Gasteiger charge is 2.27. The molecule has 6 heteroatoms. The number of anilines is 1. The van der Waals surface area contributed by atoms with Gasteiger partial charge in [-0.2, -0.15) is 0 Å². The molecule has 0 spiro atoms. The summed E-state index contributed by atoms with van der Waals surface area (Å²) in [6.45, 7) is 9.49. The normalized spacial score (nSPS) is 17.4. The predicted octanol–water partition coefficient (Wildman–Crippen LogP) is 3.32. The van der Waals surface area contributed by atoms with Gasteiger partial charge in [-0.05, 0) is 46.1 Å². The third-order valence-corrected chi connectivity index (χ3v) is 4.49. The number of nitrogen functional groups attached to an aromatic ring is 1. The van der Waals surface area contributed by atoms with Gasteiger partial charge in [-0.1, -0.05) is 6.08 Å². The number of allylic oxidation sites excluding steroid dienone is 1. The number of carbonyl (C=O) groups is 1. The molecule has 0 unspecified atom stereocenters. The molecular weight excluding hydrogens is 318 g/mol. The van der Waals surface area contributed by atoms with Gasteiger partial charge in [-0.3, -0.25) is 0 Å². The van der Waals surface area contributed by atoms with Gasteiger partial charge in [0.15, 0.2) is 0 Å². The van der Waals surface area contributed by atoms with Crippen molar-refractivity contribution in [3.63, 3.8) is 0 Å². The topological polar surface area (TPSA) is 77.7 Å². The van der Waals surface area contributed by atoms with Gasteiger partial charge in [0.1, 0.15) is 17.2 Å². The SMILES string of the molecule is Cc1c(N)nc2c(c1C1=CCN(C(=O)OC(C)(C)C)CCC1)OCC2. The highest BCUT2D eigenvalue weighted by atomic mass is 16.6. The Morgan fingerprint density at radius 2 is 2.12 bits per heavy atom. The molecule has 2 aliphatic rings. The first-order valence-corrected chi connectivity index (χ1v) is 8.85. The molecule has 25 heavy (non-hydrogen) atoms.